The van der Waals surface area contributed by atoms with Crippen molar-refractivity contribution in [3.63, 3.8) is 0 Å². The fourth-order valence-corrected chi connectivity index (χ4v) is 5.06. The van der Waals surface area contributed by atoms with E-state index in [0.29, 0.717) is 23.0 Å². The Morgan fingerprint density at radius 2 is 1.79 bits per heavy atom. The third-order valence-corrected chi connectivity index (χ3v) is 7.12. The summed E-state index contributed by atoms with van der Waals surface area (Å²) in [6.45, 7) is 4.91. The third kappa shape index (κ3) is 4.66. The molecule has 0 bridgehead atoms. The Morgan fingerprint density at radius 3 is 2.46 bits per heavy atom. The van der Waals surface area contributed by atoms with Crippen LogP contribution >= 0.6 is 11.6 Å². The van der Waals surface area contributed by atoms with Gasteiger partial charge in [0.15, 0.2) is 0 Å². The summed E-state index contributed by atoms with van der Waals surface area (Å²) in [6, 6.07) is 20.2. The Kier molecular flexibility index (Phi) is 6.60. The lowest BCUT2D eigenvalue weighted by Gasteiger charge is -2.28. The molecule has 0 radical (unpaired) electrons. The number of aromatic nitrogens is 1. The molecule has 1 atom stereocenters. The second kappa shape index (κ2) is 8.95. The molecule has 0 aliphatic rings. The Hall–Kier alpha value is -2.08. The first kappa shape index (κ1) is 20.6. The molecule has 2 aromatic carbocycles. The summed E-state index contributed by atoms with van der Waals surface area (Å²) in [4.78, 5) is 0.322. The molecule has 0 saturated carbocycles. The van der Waals surface area contributed by atoms with Gasteiger partial charge in [-0.3, -0.25) is 0 Å². The molecule has 0 unspecified atom stereocenters. The van der Waals surface area contributed by atoms with Gasteiger partial charge in [0.25, 0.3) is 0 Å². The summed E-state index contributed by atoms with van der Waals surface area (Å²) >= 11 is 6.10. The van der Waals surface area contributed by atoms with E-state index in [-0.39, 0.29) is 6.04 Å². The molecule has 0 aliphatic carbocycles. The van der Waals surface area contributed by atoms with Gasteiger partial charge in [-0.05, 0) is 55.3 Å². The average Bonchev–Trinajstić information content (AvgIpc) is 3.13. The predicted molar refractivity (Wildman–Crippen MR) is 114 cm³/mol. The quantitative estimate of drug-likeness (QED) is 0.507. The zero-order valence-electron chi connectivity index (χ0n) is 16.1. The largest absolute Gasteiger partial charge is 0.346 e. The summed E-state index contributed by atoms with van der Waals surface area (Å²) in [5, 5.41) is 0.694. The van der Waals surface area contributed by atoms with Crippen LogP contribution in [0.5, 0.6) is 0 Å². The molecule has 3 rings (SSSR count). The first-order valence-electron chi connectivity index (χ1n) is 9.37. The normalized spacial score (nSPS) is 13.0. The standard InChI is InChI=1S/C22H25ClN2O2S/c1-3-18(2)25(28(26,27)22-12-5-4-6-13-22)17-21-11-8-14-24(21)16-19-9-7-10-20(23)15-19/h4-15,18H,3,16-17H2,1-2H3/t18-/m0/s1. The van der Waals surface area contributed by atoms with Crippen LogP contribution in [-0.2, 0) is 23.1 Å². The van der Waals surface area contributed by atoms with Crippen LogP contribution in [-0.4, -0.2) is 23.3 Å². The molecule has 0 N–H and O–H groups in total. The van der Waals surface area contributed by atoms with Gasteiger partial charge in [0, 0.05) is 29.5 Å². The average molecular weight is 417 g/mol. The second-order valence-electron chi connectivity index (χ2n) is 6.88. The fourth-order valence-electron chi connectivity index (χ4n) is 3.15. The Labute approximate surface area is 172 Å². The van der Waals surface area contributed by atoms with E-state index < -0.39 is 10.0 Å². The molecule has 0 amide bonds. The molecule has 0 spiro atoms. The third-order valence-electron chi connectivity index (χ3n) is 4.92. The molecule has 1 heterocycles. The van der Waals surface area contributed by atoms with E-state index in [4.69, 9.17) is 11.6 Å². The molecule has 4 nitrogen and oxygen atoms in total. The van der Waals surface area contributed by atoms with Crippen molar-refractivity contribution in [3.8, 4) is 0 Å². The van der Waals surface area contributed by atoms with E-state index in [1.807, 2.05) is 62.5 Å². The lowest BCUT2D eigenvalue weighted by molar-refractivity contribution is 0.316. The first-order chi connectivity index (χ1) is 13.4. The molecular weight excluding hydrogens is 392 g/mol. The predicted octanol–water partition coefficient (Wildman–Crippen LogP) is 5.18. The van der Waals surface area contributed by atoms with Gasteiger partial charge in [-0.1, -0.05) is 48.9 Å². The minimum Gasteiger partial charge on any atom is -0.346 e. The van der Waals surface area contributed by atoms with Crippen molar-refractivity contribution < 1.29 is 8.42 Å². The van der Waals surface area contributed by atoms with E-state index in [1.54, 1.807) is 28.6 Å². The number of hydrogen-bond acceptors (Lipinski definition) is 2. The maximum atomic E-state index is 13.3. The topological polar surface area (TPSA) is 42.3 Å². The van der Waals surface area contributed by atoms with E-state index in [1.165, 1.54) is 0 Å². The van der Waals surface area contributed by atoms with Crippen LogP contribution in [0.15, 0.2) is 77.8 Å². The SMILES string of the molecule is CC[C@H](C)N(Cc1cccn1Cc1cccc(Cl)c1)S(=O)(=O)c1ccccc1. The van der Waals surface area contributed by atoms with Gasteiger partial charge in [-0.2, -0.15) is 4.31 Å². The van der Waals surface area contributed by atoms with Crippen molar-refractivity contribution in [1.82, 2.24) is 8.87 Å². The highest BCUT2D eigenvalue weighted by molar-refractivity contribution is 7.89. The first-order valence-corrected chi connectivity index (χ1v) is 11.2. The van der Waals surface area contributed by atoms with Crippen LogP contribution in [0.2, 0.25) is 5.02 Å². The zero-order chi connectivity index (χ0) is 20.1. The summed E-state index contributed by atoms with van der Waals surface area (Å²) < 4.78 is 30.2. The summed E-state index contributed by atoms with van der Waals surface area (Å²) in [7, 11) is -3.59. The molecule has 148 valence electrons. The number of nitrogens with zero attached hydrogens (tertiary/aromatic N) is 2. The van der Waals surface area contributed by atoms with Crippen molar-refractivity contribution >= 4 is 21.6 Å². The van der Waals surface area contributed by atoms with Gasteiger partial charge in [-0.25, -0.2) is 8.42 Å². The number of hydrogen-bond donors (Lipinski definition) is 0. The Bertz CT molecular complexity index is 1020. The number of benzene rings is 2. The monoisotopic (exact) mass is 416 g/mol. The van der Waals surface area contributed by atoms with Crippen LogP contribution in [0, 0.1) is 0 Å². The summed E-state index contributed by atoms with van der Waals surface area (Å²) in [6.07, 6.45) is 2.71. The minimum atomic E-state index is -3.59. The van der Waals surface area contributed by atoms with Gasteiger partial charge in [0.2, 0.25) is 10.0 Å². The highest BCUT2D eigenvalue weighted by Crippen LogP contribution is 2.23. The molecule has 0 fully saturated rings. The molecule has 28 heavy (non-hydrogen) atoms. The van der Waals surface area contributed by atoms with E-state index in [2.05, 4.69) is 4.57 Å². The molecule has 0 aliphatic heterocycles. The summed E-state index contributed by atoms with van der Waals surface area (Å²) in [5.74, 6) is 0. The Morgan fingerprint density at radius 1 is 1.04 bits per heavy atom. The summed E-state index contributed by atoms with van der Waals surface area (Å²) in [5.41, 5.74) is 2.02. The van der Waals surface area contributed by atoms with Gasteiger partial charge >= 0.3 is 0 Å². The van der Waals surface area contributed by atoms with Gasteiger partial charge in [-0.15, -0.1) is 0 Å². The molecule has 1 aromatic heterocycles. The number of halogens is 1. The van der Waals surface area contributed by atoms with Crippen LogP contribution < -0.4 is 0 Å². The van der Waals surface area contributed by atoms with Crippen molar-refractivity contribution in [2.24, 2.45) is 0 Å². The van der Waals surface area contributed by atoms with Gasteiger partial charge in [0.05, 0.1) is 11.4 Å². The fraction of sp³-hybridized carbons (Fsp3) is 0.273. The lowest BCUT2D eigenvalue weighted by atomic mass is 10.2. The van der Waals surface area contributed by atoms with E-state index in [0.717, 1.165) is 17.7 Å². The highest BCUT2D eigenvalue weighted by atomic mass is 35.5. The van der Waals surface area contributed by atoms with Gasteiger partial charge < -0.3 is 4.57 Å². The zero-order valence-corrected chi connectivity index (χ0v) is 17.7. The van der Waals surface area contributed by atoms with Gasteiger partial charge in [0.1, 0.15) is 0 Å². The van der Waals surface area contributed by atoms with Crippen molar-refractivity contribution in [3.05, 3.63) is 89.2 Å². The number of sulfonamides is 1. The molecule has 6 heteroatoms. The maximum Gasteiger partial charge on any atom is 0.243 e. The number of rotatable bonds is 8. The van der Waals surface area contributed by atoms with Crippen molar-refractivity contribution in [1.29, 1.82) is 0 Å². The van der Waals surface area contributed by atoms with Crippen molar-refractivity contribution in [2.45, 2.75) is 44.3 Å². The van der Waals surface area contributed by atoms with Crippen LogP contribution in [0.25, 0.3) is 0 Å². The second-order valence-corrected chi connectivity index (χ2v) is 9.20. The van der Waals surface area contributed by atoms with E-state index >= 15 is 0 Å². The lowest BCUT2D eigenvalue weighted by Crippen LogP contribution is -2.38. The van der Waals surface area contributed by atoms with E-state index in [9.17, 15) is 8.42 Å². The molecule has 0 saturated heterocycles. The minimum absolute atomic E-state index is 0.111. The van der Waals surface area contributed by atoms with Crippen LogP contribution in [0.1, 0.15) is 31.5 Å². The molecular formula is C22H25ClN2O2S. The Balaban J connectivity index is 1.90. The molecule has 3 aromatic rings. The maximum absolute atomic E-state index is 13.3. The smallest absolute Gasteiger partial charge is 0.243 e. The highest BCUT2D eigenvalue weighted by Gasteiger charge is 2.29. The van der Waals surface area contributed by atoms with Crippen LogP contribution in [0.3, 0.4) is 0 Å². The van der Waals surface area contributed by atoms with Crippen LogP contribution in [0.4, 0.5) is 0 Å². The van der Waals surface area contributed by atoms with Crippen molar-refractivity contribution in [2.75, 3.05) is 0 Å².